The molecule has 0 spiro atoms. The number of carbonyl (C=O) groups excluding carboxylic acids is 2. The predicted octanol–water partition coefficient (Wildman–Crippen LogP) is 1.14. The highest BCUT2D eigenvalue weighted by molar-refractivity contribution is 6.28. The molecule has 4 heteroatoms. The molecular weight excluding hydrogens is 180 g/mol. The molecule has 0 saturated carbocycles. The molecule has 1 aliphatic rings. The number of ether oxygens (including phenoxy) is 1. The van der Waals surface area contributed by atoms with Gasteiger partial charge in [-0.1, -0.05) is 13.8 Å². The molecule has 0 aromatic carbocycles. The van der Waals surface area contributed by atoms with Crippen LogP contribution in [-0.4, -0.2) is 23.7 Å². The van der Waals surface area contributed by atoms with E-state index in [0.717, 1.165) is 0 Å². The molecule has 0 bridgehead atoms. The number of hydrogen-bond acceptors (Lipinski definition) is 3. The maximum Gasteiger partial charge on any atom is 0.307 e. The summed E-state index contributed by atoms with van der Waals surface area (Å²) in [5.74, 6) is -0.627. The van der Waals surface area contributed by atoms with E-state index in [2.05, 4.69) is 0 Å². The zero-order valence-electron chi connectivity index (χ0n) is 7.09. The number of esters is 1. The van der Waals surface area contributed by atoms with E-state index in [0.29, 0.717) is 6.42 Å². The van der Waals surface area contributed by atoms with E-state index in [-0.39, 0.29) is 17.6 Å². The summed E-state index contributed by atoms with van der Waals surface area (Å²) >= 11 is 5.37. The van der Waals surface area contributed by atoms with Gasteiger partial charge in [0, 0.05) is 5.41 Å². The monoisotopic (exact) mass is 190 g/mol. The molecule has 1 atom stereocenters. The van der Waals surface area contributed by atoms with E-state index < -0.39 is 11.5 Å². The highest BCUT2D eigenvalue weighted by Crippen LogP contribution is 2.35. The summed E-state index contributed by atoms with van der Waals surface area (Å²) in [7, 11) is 0. The van der Waals surface area contributed by atoms with Gasteiger partial charge in [0.05, 0.1) is 12.3 Å². The van der Waals surface area contributed by atoms with Crippen LogP contribution >= 0.6 is 11.6 Å². The van der Waals surface area contributed by atoms with Gasteiger partial charge in [0.15, 0.2) is 11.9 Å². The third-order valence-electron chi connectivity index (χ3n) is 1.98. The molecule has 0 radical (unpaired) electrons. The van der Waals surface area contributed by atoms with E-state index in [1.54, 1.807) is 0 Å². The predicted molar refractivity (Wildman–Crippen MR) is 44.0 cm³/mol. The summed E-state index contributed by atoms with van der Waals surface area (Å²) in [6.45, 7) is 3.65. The van der Waals surface area contributed by atoms with E-state index in [1.165, 1.54) is 0 Å². The van der Waals surface area contributed by atoms with Crippen LogP contribution in [0, 0.1) is 5.41 Å². The van der Waals surface area contributed by atoms with Gasteiger partial charge in [0.1, 0.15) is 0 Å². The third kappa shape index (κ3) is 1.61. The van der Waals surface area contributed by atoms with Crippen molar-refractivity contribution >= 4 is 23.4 Å². The lowest BCUT2D eigenvalue weighted by Gasteiger charge is -2.21. The summed E-state index contributed by atoms with van der Waals surface area (Å²) in [6.07, 6.45) is -0.359. The van der Waals surface area contributed by atoms with Crippen LogP contribution in [0.1, 0.15) is 20.3 Å². The topological polar surface area (TPSA) is 43.4 Å². The van der Waals surface area contributed by atoms with Crippen LogP contribution in [0.15, 0.2) is 0 Å². The van der Waals surface area contributed by atoms with Gasteiger partial charge < -0.3 is 4.74 Å². The fourth-order valence-electron chi connectivity index (χ4n) is 1.37. The molecule has 1 fully saturated rings. The molecule has 0 amide bonds. The normalized spacial score (nSPS) is 26.9. The number of alkyl halides is 1. The van der Waals surface area contributed by atoms with Gasteiger partial charge in [-0.05, 0) is 0 Å². The molecule has 68 valence electrons. The summed E-state index contributed by atoms with van der Waals surface area (Å²) in [4.78, 5) is 22.0. The molecule has 12 heavy (non-hydrogen) atoms. The van der Waals surface area contributed by atoms with Gasteiger partial charge in [-0.3, -0.25) is 9.59 Å². The summed E-state index contributed by atoms with van der Waals surface area (Å²) < 4.78 is 4.86. The Morgan fingerprint density at radius 3 is 2.67 bits per heavy atom. The lowest BCUT2D eigenvalue weighted by molar-refractivity contribution is -0.147. The Bertz CT molecular complexity index is 222. The van der Waals surface area contributed by atoms with Crippen LogP contribution < -0.4 is 0 Å². The summed E-state index contributed by atoms with van der Waals surface area (Å²) in [5.41, 5.74) is -0.400. The van der Waals surface area contributed by atoms with E-state index in [9.17, 15) is 9.59 Å². The third-order valence-corrected chi connectivity index (χ3v) is 2.25. The Morgan fingerprint density at radius 2 is 2.33 bits per heavy atom. The van der Waals surface area contributed by atoms with Crippen molar-refractivity contribution in [2.45, 2.75) is 26.4 Å². The fourth-order valence-corrected chi connectivity index (χ4v) is 1.51. The quantitative estimate of drug-likeness (QED) is 0.485. The average molecular weight is 191 g/mol. The number of carbonyl (C=O) groups is 2. The van der Waals surface area contributed by atoms with Crippen molar-refractivity contribution in [3.8, 4) is 0 Å². The fraction of sp³-hybridized carbons (Fsp3) is 0.750. The van der Waals surface area contributed by atoms with Crippen molar-refractivity contribution in [1.29, 1.82) is 0 Å². The number of halogens is 1. The van der Waals surface area contributed by atoms with Crippen LogP contribution in [0.25, 0.3) is 0 Å². The highest BCUT2D eigenvalue weighted by Gasteiger charge is 2.45. The molecule has 1 heterocycles. The molecule has 3 nitrogen and oxygen atoms in total. The second-order valence-electron chi connectivity index (χ2n) is 3.64. The van der Waals surface area contributed by atoms with Crippen molar-refractivity contribution in [2.24, 2.45) is 5.41 Å². The summed E-state index contributed by atoms with van der Waals surface area (Å²) in [6, 6.07) is 0. The van der Waals surface area contributed by atoms with Crippen LogP contribution in [-0.2, 0) is 14.3 Å². The molecule has 1 unspecified atom stereocenters. The van der Waals surface area contributed by atoms with Crippen molar-refractivity contribution in [3.05, 3.63) is 0 Å². The highest BCUT2D eigenvalue weighted by atomic mass is 35.5. The van der Waals surface area contributed by atoms with E-state index in [4.69, 9.17) is 16.3 Å². The van der Waals surface area contributed by atoms with Gasteiger partial charge in [-0.15, -0.1) is 11.6 Å². The van der Waals surface area contributed by atoms with Crippen LogP contribution in [0.3, 0.4) is 0 Å². The standard InChI is InChI=1S/C8H11ClO3/c1-8(2)3-6(11)12-7(8)5(10)4-9/h7H,3-4H2,1-2H3. The minimum absolute atomic E-state index is 0.0959. The average Bonchev–Trinajstić information content (AvgIpc) is 2.23. The largest absolute Gasteiger partial charge is 0.454 e. The Kier molecular flexibility index (Phi) is 2.42. The Labute approximate surface area is 76.0 Å². The van der Waals surface area contributed by atoms with Crippen LogP contribution in [0.2, 0.25) is 0 Å². The SMILES string of the molecule is CC1(C)CC(=O)OC1C(=O)CCl. The number of Topliss-reactive ketones (excluding diaryl/α,β-unsaturated/α-hetero) is 1. The molecule has 0 aromatic heterocycles. The second-order valence-corrected chi connectivity index (χ2v) is 3.90. The molecule has 1 rings (SSSR count). The first-order valence-corrected chi connectivity index (χ1v) is 4.29. The smallest absolute Gasteiger partial charge is 0.307 e. The molecule has 0 aliphatic carbocycles. The van der Waals surface area contributed by atoms with E-state index in [1.807, 2.05) is 13.8 Å². The van der Waals surface area contributed by atoms with Gasteiger partial charge in [-0.25, -0.2) is 0 Å². The molecule has 0 N–H and O–H groups in total. The van der Waals surface area contributed by atoms with Crippen molar-refractivity contribution in [1.82, 2.24) is 0 Å². The molecule has 1 saturated heterocycles. The maximum absolute atomic E-state index is 11.2. The van der Waals surface area contributed by atoms with Crippen LogP contribution in [0.4, 0.5) is 0 Å². The van der Waals surface area contributed by atoms with Gasteiger partial charge in [0.25, 0.3) is 0 Å². The lowest BCUT2D eigenvalue weighted by atomic mass is 9.84. The number of hydrogen-bond donors (Lipinski definition) is 0. The second kappa shape index (κ2) is 3.05. The van der Waals surface area contributed by atoms with Crippen molar-refractivity contribution in [2.75, 3.05) is 5.88 Å². The maximum atomic E-state index is 11.2. The molecule has 0 aromatic rings. The van der Waals surface area contributed by atoms with E-state index >= 15 is 0 Å². The number of cyclic esters (lactones) is 1. The molecular formula is C8H11ClO3. The Balaban J connectivity index is 2.78. The lowest BCUT2D eigenvalue weighted by Crippen LogP contribution is -2.33. The minimum atomic E-state index is -0.650. The van der Waals surface area contributed by atoms with Crippen molar-refractivity contribution in [3.63, 3.8) is 0 Å². The van der Waals surface area contributed by atoms with Gasteiger partial charge >= 0.3 is 5.97 Å². The Hall–Kier alpha value is -0.570. The van der Waals surface area contributed by atoms with Crippen molar-refractivity contribution < 1.29 is 14.3 Å². The van der Waals surface area contributed by atoms with Gasteiger partial charge in [-0.2, -0.15) is 0 Å². The number of ketones is 1. The first-order chi connectivity index (χ1) is 5.47. The Morgan fingerprint density at radius 1 is 1.75 bits per heavy atom. The zero-order chi connectivity index (χ0) is 9.35. The molecule has 1 aliphatic heterocycles. The summed E-state index contributed by atoms with van der Waals surface area (Å²) in [5, 5.41) is 0. The first-order valence-electron chi connectivity index (χ1n) is 3.75. The first kappa shape index (κ1) is 9.52. The van der Waals surface area contributed by atoms with Gasteiger partial charge in [0.2, 0.25) is 0 Å². The minimum Gasteiger partial charge on any atom is -0.454 e. The zero-order valence-corrected chi connectivity index (χ0v) is 7.85. The number of rotatable bonds is 2. The van der Waals surface area contributed by atoms with Crippen LogP contribution in [0.5, 0.6) is 0 Å².